The molecule has 3 heteroatoms. The van der Waals surface area contributed by atoms with Crippen molar-refractivity contribution in [2.75, 3.05) is 7.11 Å². The summed E-state index contributed by atoms with van der Waals surface area (Å²) in [5, 5.41) is 0. The van der Waals surface area contributed by atoms with E-state index in [1.54, 1.807) is 13.2 Å². The minimum atomic E-state index is -0.227. The maximum absolute atomic E-state index is 13.1. The Hall–Kier alpha value is -1.87. The van der Waals surface area contributed by atoms with Crippen LogP contribution in [0.2, 0.25) is 0 Å². The Morgan fingerprint density at radius 3 is 2.50 bits per heavy atom. The summed E-state index contributed by atoms with van der Waals surface area (Å²) in [6, 6.07) is 14.0. The van der Waals surface area contributed by atoms with Gasteiger partial charge in [0.25, 0.3) is 0 Å². The molecular weight excluding hydrogens is 229 g/mol. The third-order valence-corrected chi connectivity index (χ3v) is 2.89. The largest absolute Gasteiger partial charge is 0.497 e. The van der Waals surface area contributed by atoms with Gasteiger partial charge in [0, 0.05) is 6.04 Å². The highest BCUT2D eigenvalue weighted by Gasteiger charge is 2.07. The van der Waals surface area contributed by atoms with Crippen molar-refractivity contribution in [1.29, 1.82) is 0 Å². The molecule has 0 spiro atoms. The molecular formula is C15H16FNO. The molecule has 0 saturated heterocycles. The minimum Gasteiger partial charge on any atom is -0.497 e. The Balaban J connectivity index is 2.09. The Morgan fingerprint density at radius 1 is 1.17 bits per heavy atom. The molecule has 0 aliphatic heterocycles. The van der Waals surface area contributed by atoms with Crippen LogP contribution in [-0.2, 0) is 6.42 Å². The lowest BCUT2D eigenvalue weighted by Crippen LogP contribution is -2.13. The first-order chi connectivity index (χ1) is 8.69. The summed E-state index contributed by atoms with van der Waals surface area (Å²) < 4.78 is 18.2. The molecule has 1 unspecified atom stereocenters. The minimum absolute atomic E-state index is 0.141. The van der Waals surface area contributed by atoms with Gasteiger partial charge in [-0.05, 0) is 41.8 Å². The second-order valence-electron chi connectivity index (χ2n) is 4.21. The molecule has 0 aliphatic rings. The molecule has 2 N–H and O–H groups in total. The van der Waals surface area contributed by atoms with Gasteiger partial charge in [0.05, 0.1) is 7.11 Å². The van der Waals surface area contributed by atoms with Gasteiger partial charge < -0.3 is 10.5 Å². The normalized spacial score (nSPS) is 12.2. The van der Waals surface area contributed by atoms with Crippen LogP contribution < -0.4 is 10.5 Å². The maximum atomic E-state index is 13.1. The van der Waals surface area contributed by atoms with Crippen LogP contribution in [0.4, 0.5) is 4.39 Å². The summed E-state index contributed by atoms with van der Waals surface area (Å²) in [5.41, 5.74) is 8.02. The van der Waals surface area contributed by atoms with Crippen molar-refractivity contribution in [3.05, 3.63) is 65.5 Å². The SMILES string of the molecule is COc1ccc(C(N)Cc2cccc(F)c2)cc1. The maximum Gasteiger partial charge on any atom is 0.123 e. The van der Waals surface area contributed by atoms with Crippen molar-refractivity contribution in [3.63, 3.8) is 0 Å². The van der Waals surface area contributed by atoms with Gasteiger partial charge in [0.1, 0.15) is 11.6 Å². The van der Waals surface area contributed by atoms with E-state index in [9.17, 15) is 4.39 Å². The van der Waals surface area contributed by atoms with Crippen molar-refractivity contribution >= 4 is 0 Å². The van der Waals surface area contributed by atoms with E-state index < -0.39 is 0 Å². The molecule has 18 heavy (non-hydrogen) atoms. The van der Waals surface area contributed by atoms with Crippen molar-refractivity contribution in [2.24, 2.45) is 5.73 Å². The number of rotatable bonds is 4. The Kier molecular flexibility index (Phi) is 3.95. The molecule has 2 aromatic rings. The lowest BCUT2D eigenvalue weighted by molar-refractivity contribution is 0.414. The van der Waals surface area contributed by atoms with Gasteiger partial charge >= 0.3 is 0 Å². The van der Waals surface area contributed by atoms with Crippen LogP contribution in [0.3, 0.4) is 0 Å². The number of halogens is 1. The van der Waals surface area contributed by atoms with Crippen LogP contribution in [0, 0.1) is 5.82 Å². The van der Waals surface area contributed by atoms with Gasteiger partial charge in [-0.2, -0.15) is 0 Å². The van der Waals surface area contributed by atoms with E-state index in [-0.39, 0.29) is 11.9 Å². The van der Waals surface area contributed by atoms with E-state index in [2.05, 4.69) is 0 Å². The third-order valence-electron chi connectivity index (χ3n) is 2.89. The standard InChI is InChI=1S/C15H16FNO/c1-18-14-7-5-12(6-8-14)15(17)10-11-3-2-4-13(16)9-11/h2-9,15H,10,17H2,1H3. The molecule has 0 radical (unpaired) electrons. The van der Waals surface area contributed by atoms with E-state index >= 15 is 0 Å². The molecule has 2 rings (SSSR count). The van der Waals surface area contributed by atoms with Crippen molar-refractivity contribution < 1.29 is 9.13 Å². The van der Waals surface area contributed by atoms with Crippen LogP contribution in [0.15, 0.2) is 48.5 Å². The summed E-state index contributed by atoms with van der Waals surface area (Å²) >= 11 is 0. The predicted molar refractivity (Wildman–Crippen MR) is 70.0 cm³/mol. The Labute approximate surface area is 106 Å². The molecule has 0 saturated carbocycles. The van der Waals surface area contributed by atoms with Crippen molar-refractivity contribution in [3.8, 4) is 5.75 Å². The molecule has 0 amide bonds. The second-order valence-corrected chi connectivity index (χ2v) is 4.21. The summed E-state index contributed by atoms with van der Waals surface area (Å²) in [4.78, 5) is 0. The predicted octanol–water partition coefficient (Wildman–Crippen LogP) is 3.08. The van der Waals surface area contributed by atoms with Gasteiger partial charge in [-0.1, -0.05) is 24.3 Å². The lowest BCUT2D eigenvalue weighted by atomic mass is 9.99. The monoisotopic (exact) mass is 245 g/mol. The quantitative estimate of drug-likeness (QED) is 0.898. The number of benzene rings is 2. The van der Waals surface area contributed by atoms with Crippen LogP contribution >= 0.6 is 0 Å². The smallest absolute Gasteiger partial charge is 0.123 e. The fourth-order valence-electron chi connectivity index (χ4n) is 1.89. The van der Waals surface area contributed by atoms with Crippen LogP contribution in [0.25, 0.3) is 0 Å². The van der Waals surface area contributed by atoms with Gasteiger partial charge in [0.15, 0.2) is 0 Å². The van der Waals surface area contributed by atoms with Gasteiger partial charge in [-0.15, -0.1) is 0 Å². The van der Waals surface area contributed by atoms with Crippen molar-refractivity contribution in [1.82, 2.24) is 0 Å². The van der Waals surface area contributed by atoms with Crippen LogP contribution in [0.5, 0.6) is 5.75 Å². The van der Waals surface area contributed by atoms with Crippen molar-refractivity contribution in [2.45, 2.75) is 12.5 Å². The molecule has 0 aromatic heterocycles. The Morgan fingerprint density at radius 2 is 1.89 bits per heavy atom. The molecule has 94 valence electrons. The molecule has 0 aliphatic carbocycles. The van der Waals surface area contributed by atoms with Crippen LogP contribution in [-0.4, -0.2) is 7.11 Å². The highest BCUT2D eigenvalue weighted by atomic mass is 19.1. The van der Waals surface area contributed by atoms with Crippen LogP contribution in [0.1, 0.15) is 17.2 Å². The topological polar surface area (TPSA) is 35.2 Å². The molecule has 1 atom stereocenters. The van der Waals surface area contributed by atoms with E-state index in [1.807, 2.05) is 30.3 Å². The van der Waals surface area contributed by atoms with E-state index in [1.165, 1.54) is 12.1 Å². The second kappa shape index (κ2) is 5.65. The zero-order valence-electron chi connectivity index (χ0n) is 10.3. The summed E-state index contributed by atoms with van der Waals surface area (Å²) in [6.45, 7) is 0. The molecule has 2 nitrogen and oxygen atoms in total. The fraction of sp³-hybridized carbons (Fsp3) is 0.200. The van der Waals surface area contributed by atoms with Gasteiger partial charge in [-0.25, -0.2) is 4.39 Å². The third kappa shape index (κ3) is 3.08. The summed E-state index contributed by atoms with van der Waals surface area (Å²) in [5.74, 6) is 0.575. The van der Waals surface area contributed by atoms with E-state index in [0.29, 0.717) is 6.42 Å². The number of hydrogen-bond donors (Lipinski definition) is 1. The Bertz CT molecular complexity index is 510. The first-order valence-corrected chi connectivity index (χ1v) is 5.83. The highest BCUT2D eigenvalue weighted by Crippen LogP contribution is 2.19. The zero-order chi connectivity index (χ0) is 13.0. The lowest BCUT2D eigenvalue weighted by Gasteiger charge is -2.12. The zero-order valence-corrected chi connectivity index (χ0v) is 10.3. The summed E-state index contributed by atoms with van der Waals surface area (Å²) in [6.07, 6.45) is 0.615. The first-order valence-electron chi connectivity index (χ1n) is 5.83. The molecule has 2 aromatic carbocycles. The van der Waals surface area contributed by atoms with E-state index in [0.717, 1.165) is 16.9 Å². The number of methoxy groups -OCH3 is 1. The fourth-order valence-corrected chi connectivity index (χ4v) is 1.89. The number of ether oxygens (including phenoxy) is 1. The average molecular weight is 245 g/mol. The first kappa shape index (κ1) is 12.6. The molecule has 0 heterocycles. The highest BCUT2D eigenvalue weighted by molar-refractivity contribution is 5.30. The number of hydrogen-bond acceptors (Lipinski definition) is 2. The molecule has 0 fully saturated rings. The van der Waals surface area contributed by atoms with E-state index in [4.69, 9.17) is 10.5 Å². The van der Waals surface area contributed by atoms with Gasteiger partial charge in [0.2, 0.25) is 0 Å². The van der Waals surface area contributed by atoms with Gasteiger partial charge in [-0.3, -0.25) is 0 Å². The average Bonchev–Trinajstić information content (AvgIpc) is 2.39. The molecule has 0 bridgehead atoms. The summed E-state index contributed by atoms with van der Waals surface area (Å²) in [7, 11) is 1.63. The number of nitrogens with two attached hydrogens (primary N) is 1.